The third-order valence-electron chi connectivity index (χ3n) is 7.89. The summed E-state index contributed by atoms with van der Waals surface area (Å²) < 4.78 is 0. The maximum atomic E-state index is 14.2. The van der Waals surface area contributed by atoms with Gasteiger partial charge >= 0.3 is 0 Å². The van der Waals surface area contributed by atoms with E-state index in [1.54, 1.807) is 6.92 Å². The van der Waals surface area contributed by atoms with Gasteiger partial charge in [-0.1, -0.05) is 53.6 Å². The van der Waals surface area contributed by atoms with Gasteiger partial charge in [-0.05, 0) is 63.1 Å². The smallest absolute Gasteiger partial charge is 0.241 e. The van der Waals surface area contributed by atoms with Crippen molar-refractivity contribution in [1.82, 2.24) is 4.90 Å². The van der Waals surface area contributed by atoms with Crippen LogP contribution in [0.4, 0.5) is 17.1 Å². The largest absolute Gasteiger partial charge is 0.369 e. The van der Waals surface area contributed by atoms with E-state index in [9.17, 15) is 9.59 Å². The molecule has 2 heterocycles. The molecule has 0 aromatic heterocycles. The number of anilines is 3. The normalized spacial score (nSPS) is 19.7. The maximum absolute atomic E-state index is 14.2. The summed E-state index contributed by atoms with van der Waals surface area (Å²) in [5.41, 5.74) is 6.38. The van der Waals surface area contributed by atoms with Gasteiger partial charge in [-0.25, -0.2) is 0 Å². The first-order valence-corrected chi connectivity index (χ1v) is 13.6. The molecular weight excluding hydrogens is 472 g/mol. The zero-order chi connectivity index (χ0) is 26.8. The zero-order valence-corrected chi connectivity index (χ0v) is 22.9. The van der Waals surface area contributed by atoms with Gasteiger partial charge < -0.3 is 14.7 Å². The highest BCUT2D eigenvalue weighted by molar-refractivity contribution is 5.98. The Kier molecular flexibility index (Phi) is 7.52. The van der Waals surface area contributed by atoms with E-state index in [4.69, 9.17) is 0 Å². The molecule has 6 heteroatoms. The second-order valence-corrected chi connectivity index (χ2v) is 10.7. The molecule has 0 aliphatic carbocycles. The lowest BCUT2D eigenvalue weighted by atomic mass is 9.88. The first-order valence-electron chi connectivity index (χ1n) is 13.6. The van der Waals surface area contributed by atoms with Gasteiger partial charge in [0.15, 0.2) is 0 Å². The van der Waals surface area contributed by atoms with E-state index in [1.807, 2.05) is 28.0 Å². The van der Waals surface area contributed by atoms with Crippen LogP contribution < -0.4 is 14.7 Å². The highest BCUT2D eigenvalue weighted by atomic mass is 16.2. The van der Waals surface area contributed by atoms with Crippen molar-refractivity contribution in [3.8, 4) is 0 Å². The summed E-state index contributed by atoms with van der Waals surface area (Å²) in [6, 6.07) is 24.8. The minimum Gasteiger partial charge on any atom is -0.369 e. The monoisotopic (exact) mass is 510 g/mol. The molecule has 0 radical (unpaired) electrons. The summed E-state index contributed by atoms with van der Waals surface area (Å²) >= 11 is 0. The first-order chi connectivity index (χ1) is 18.3. The standard InChI is InChI=1S/C32H38N4O2/c1-23-10-13-28(14-11-23)36(31-21-25(3)35(26(4)37)30-15-12-24(2)20-29(30)31)32(38)22-33-16-18-34(19-17-33)27-8-6-5-7-9-27/h5-15,20,25,31H,16-19,21-22H2,1-4H3/t25-,31-/m1/s1. The van der Waals surface area contributed by atoms with E-state index in [0.717, 1.165) is 54.2 Å². The van der Waals surface area contributed by atoms with Crippen LogP contribution >= 0.6 is 0 Å². The van der Waals surface area contributed by atoms with Crippen molar-refractivity contribution in [3.05, 3.63) is 89.5 Å². The van der Waals surface area contributed by atoms with Crippen LogP contribution in [-0.2, 0) is 9.59 Å². The first kappa shape index (κ1) is 26.0. The molecule has 3 aromatic carbocycles. The SMILES string of the molecule is CC(=O)N1c2ccc(C)cc2[C@H](N(C(=O)CN2CCN(c3ccccc3)CC2)c2ccc(C)cc2)C[C@H]1C. The summed E-state index contributed by atoms with van der Waals surface area (Å²) in [4.78, 5) is 35.3. The van der Waals surface area contributed by atoms with Crippen molar-refractivity contribution in [2.24, 2.45) is 0 Å². The van der Waals surface area contributed by atoms with E-state index in [1.165, 1.54) is 5.69 Å². The fourth-order valence-electron chi connectivity index (χ4n) is 5.95. The molecule has 3 aromatic rings. The molecule has 1 saturated heterocycles. The molecule has 2 atom stereocenters. The van der Waals surface area contributed by atoms with Crippen LogP contribution in [0.3, 0.4) is 0 Å². The third kappa shape index (κ3) is 5.32. The molecule has 0 spiro atoms. The Morgan fingerprint density at radius 1 is 0.868 bits per heavy atom. The fraction of sp³-hybridized carbons (Fsp3) is 0.375. The van der Waals surface area contributed by atoms with Crippen LogP contribution in [0.1, 0.15) is 43.0 Å². The van der Waals surface area contributed by atoms with Crippen molar-refractivity contribution in [1.29, 1.82) is 0 Å². The number of para-hydroxylation sites is 1. The summed E-state index contributed by atoms with van der Waals surface area (Å²) in [5.74, 6) is 0.133. The Labute approximate surface area is 226 Å². The van der Waals surface area contributed by atoms with Gasteiger partial charge in [-0.3, -0.25) is 14.5 Å². The number of carbonyl (C=O) groups is 2. The lowest BCUT2D eigenvalue weighted by Crippen LogP contribution is -2.52. The lowest BCUT2D eigenvalue weighted by Gasteiger charge is -2.44. The van der Waals surface area contributed by atoms with Crippen LogP contribution in [-0.4, -0.2) is 55.5 Å². The average Bonchev–Trinajstić information content (AvgIpc) is 2.91. The minimum atomic E-state index is -0.142. The average molecular weight is 511 g/mol. The van der Waals surface area contributed by atoms with Crippen LogP contribution in [0.5, 0.6) is 0 Å². The Morgan fingerprint density at radius 2 is 1.53 bits per heavy atom. The Hall–Kier alpha value is -3.64. The van der Waals surface area contributed by atoms with Gasteiger partial charge in [-0.2, -0.15) is 0 Å². The number of amides is 2. The van der Waals surface area contributed by atoms with Crippen LogP contribution in [0.25, 0.3) is 0 Å². The van der Waals surface area contributed by atoms with E-state index >= 15 is 0 Å². The molecule has 6 nitrogen and oxygen atoms in total. The Balaban J connectivity index is 1.43. The number of hydrogen-bond donors (Lipinski definition) is 0. The van der Waals surface area contributed by atoms with E-state index in [-0.39, 0.29) is 23.9 Å². The van der Waals surface area contributed by atoms with Gasteiger partial charge in [0, 0.05) is 56.2 Å². The maximum Gasteiger partial charge on any atom is 0.241 e. The van der Waals surface area contributed by atoms with E-state index < -0.39 is 0 Å². The van der Waals surface area contributed by atoms with Crippen LogP contribution in [0.2, 0.25) is 0 Å². The molecular formula is C32H38N4O2. The van der Waals surface area contributed by atoms with Gasteiger partial charge in [0.05, 0.1) is 12.6 Å². The predicted octanol–water partition coefficient (Wildman–Crippen LogP) is 5.35. The number of rotatable bonds is 5. The number of hydrogen-bond acceptors (Lipinski definition) is 4. The molecule has 0 unspecified atom stereocenters. The van der Waals surface area contributed by atoms with Crippen LogP contribution in [0.15, 0.2) is 72.8 Å². The molecule has 38 heavy (non-hydrogen) atoms. The van der Waals surface area contributed by atoms with Crippen molar-refractivity contribution < 1.29 is 9.59 Å². The van der Waals surface area contributed by atoms with Crippen molar-refractivity contribution in [3.63, 3.8) is 0 Å². The molecule has 5 rings (SSSR count). The summed E-state index contributed by atoms with van der Waals surface area (Å²) in [6.45, 7) is 11.7. The molecule has 0 bridgehead atoms. The number of nitrogens with zero attached hydrogens (tertiary/aromatic N) is 4. The number of fused-ring (bicyclic) bond motifs is 1. The molecule has 2 amide bonds. The molecule has 2 aliphatic heterocycles. The molecule has 2 aliphatic rings. The summed E-state index contributed by atoms with van der Waals surface area (Å²) in [7, 11) is 0. The molecule has 198 valence electrons. The quantitative estimate of drug-likeness (QED) is 0.465. The van der Waals surface area contributed by atoms with Gasteiger partial charge in [0.1, 0.15) is 0 Å². The summed E-state index contributed by atoms with van der Waals surface area (Å²) in [6.07, 6.45) is 0.692. The molecule has 0 N–H and O–H groups in total. The third-order valence-corrected chi connectivity index (χ3v) is 7.89. The Bertz CT molecular complexity index is 1280. The highest BCUT2D eigenvalue weighted by Gasteiger charge is 2.38. The number of aryl methyl sites for hydroxylation is 2. The molecule has 0 saturated carbocycles. The number of piperazine rings is 1. The topological polar surface area (TPSA) is 47.1 Å². The second kappa shape index (κ2) is 11.0. The van der Waals surface area contributed by atoms with E-state index in [0.29, 0.717) is 13.0 Å². The van der Waals surface area contributed by atoms with Crippen LogP contribution in [0, 0.1) is 13.8 Å². The van der Waals surface area contributed by atoms with Crippen molar-refractivity contribution in [2.45, 2.75) is 46.2 Å². The van der Waals surface area contributed by atoms with Gasteiger partial charge in [-0.15, -0.1) is 0 Å². The fourth-order valence-corrected chi connectivity index (χ4v) is 5.95. The lowest BCUT2D eigenvalue weighted by molar-refractivity contribution is -0.120. The summed E-state index contributed by atoms with van der Waals surface area (Å²) in [5, 5.41) is 0. The van der Waals surface area contributed by atoms with Crippen molar-refractivity contribution in [2.75, 3.05) is 47.4 Å². The number of benzene rings is 3. The van der Waals surface area contributed by atoms with Gasteiger partial charge in [0.2, 0.25) is 11.8 Å². The Morgan fingerprint density at radius 3 is 2.18 bits per heavy atom. The van der Waals surface area contributed by atoms with E-state index in [2.05, 4.69) is 85.2 Å². The molecule has 1 fully saturated rings. The second-order valence-electron chi connectivity index (χ2n) is 10.7. The number of carbonyl (C=O) groups excluding carboxylic acids is 2. The minimum absolute atomic E-state index is 0.0112. The highest BCUT2D eigenvalue weighted by Crippen LogP contribution is 2.43. The van der Waals surface area contributed by atoms with Crippen molar-refractivity contribution >= 4 is 28.9 Å². The zero-order valence-electron chi connectivity index (χ0n) is 22.9. The predicted molar refractivity (Wildman–Crippen MR) is 155 cm³/mol. The van der Waals surface area contributed by atoms with Gasteiger partial charge in [0.25, 0.3) is 0 Å².